The molecule has 0 saturated heterocycles. The van der Waals surface area contributed by atoms with E-state index in [0.29, 0.717) is 0 Å². The van der Waals surface area contributed by atoms with Gasteiger partial charge in [0, 0.05) is 19.6 Å². The maximum atomic E-state index is 3.91. The van der Waals surface area contributed by atoms with Crippen LogP contribution in [0.1, 0.15) is 25.0 Å². The summed E-state index contributed by atoms with van der Waals surface area (Å²) in [5.41, 5.74) is 1.18. The van der Waals surface area contributed by atoms with Gasteiger partial charge in [0.15, 0.2) is 0 Å². The molecule has 1 N–H and O–H groups in total. The Bertz CT molecular complexity index is 323. The molecule has 1 aromatic rings. The summed E-state index contributed by atoms with van der Waals surface area (Å²) in [7, 11) is 1.94. The molecule has 2 atom stereocenters. The lowest BCUT2D eigenvalue weighted by Crippen LogP contribution is -2.21. The van der Waals surface area contributed by atoms with Gasteiger partial charge in [-0.15, -0.1) is 5.10 Å². The predicted molar refractivity (Wildman–Crippen MR) is 52.5 cm³/mol. The van der Waals surface area contributed by atoms with E-state index in [2.05, 4.69) is 15.6 Å². The molecule has 2 fully saturated rings. The van der Waals surface area contributed by atoms with Crippen LogP contribution in [0.25, 0.3) is 0 Å². The minimum Gasteiger partial charge on any atom is -0.308 e. The molecule has 2 aliphatic rings. The molecule has 14 heavy (non-hydrogen) atoms. The molecule has 4 heteroatoms. The number of aromatic nitrogens is 3. The second kappa shape index (κ2) is 3.05. The van der Waals surface area contributed by atoms with Crippen molar-refractivity contribution in [2.45, 2.75) is 31.8 Å². The van der Waals surface area contributed by atoms with E-state index < -0.39 is 0 Å². The molecular formula is C10H16N4. The summed E-state index contributed by atoms with van der Waals surface area (Å²) in [4.78, 5) is 0. The fourth-order valence-corrected chi connectivity index (χ4v) is 2.82. The number of hydrogen-bond donors (Lipinski definition) is 1. The Morgan fingerprint density at radius 3 is 2.93 bits per heavy atom. The van der Waals surface area contributed by atoms with Gasteiger partial charge in [-0.25, -0.2) is 0 Å². The number of aryl methyl sites for hydroxylation is 1. The van der Waals surface area contributed by atoms with Crippen molar-refractivity contribution in [2.24, 2.45) is 18.9 Å². The molecule has 2 aliphatic carbocycles. The van der Waals surface area contributed by atoms with Crippen LogP contribution in [0.5, 0.6) is 0 Å². The summed E-state index contributed by atoms with van der Waals surface area (Å²) in [6.07, 6.45) is 6.16. The molecule has 0 spiro atoms. The zero-order valence-corrected chi connectivity index (χ0v) is 8.48. The Balaban J connectivity index is 1.54. The van der Waals surface area contributed by atoms with Crippen molar-refractivity contribution in [1.29, 1.82) is 0 Å². The third-order valence-electron chi connectivity index (χ3n) is 3.73. The average Bonchev–Trinajstić information content (AvgIpc) is 2.57. The zero-order valence-electron chi connectivity index (χ0n) is 8.48. The lowest BCUT2D eigenvalue weighted by atomic mass is 10.2. The average molecular weight is 192 g/mol. The first-order valence-electron chi connectivity index (χ1n) is 5.43. The first kappa shape index (κ1) is 8.41. The van der Waals surface area contributed by atoms with Gasteiger partial charge in [0.1, 0.15) is 0 Å². The standard InChI is InChI=1S/C10H16N4/c1-14-7(6-12-13-14)5-11-10-8-3-2-4-9(8)10/h6,8-11H,2-5H2,1H3. The van der Waals surface area contributed by atoms with Crippen LogP contribution in [0.2, 0.25) is 0 Å². The molecule has 1 aromatic heterocycles. The molecule has 3 rings (SSSR count). The number of fused-ring (bicyclic) bond motifs is 1. The summed E-state index contributed by atoms with van der Waals surface area (Å²) in [5, 5.41) is 11.4. The lowest BCUT2D eigenvalue weighted by Gasteiger charge is -2.05. The highest BCUT2D eigenvalue weighted by atomic mass is 15.4. The van der Waals surface area contributed by atoms with Crippen LogP contribution >= 0.6 is 0 Å². The normalized spacial score (nSPS) is 34.5. The van der Waals surface area contributed by atoms with Gasteiger partial charge in [0.2, 0.25) is 0 Å². The summed E-state index contributed by atoms with van der Waals surface area (Å²) < 4.78 is 1.84. The fraction of sp³-hybridized carbons (Fsp3) is 0.800. The van der Waals surface area contributed by atoms with Gasteiger partial charge in [0.05, 0.1) is 11.9 Å². The van der Waals surface area contributed by atoms with Crippen LogP contribution in [0.3, 0.4) is 0 Å². The van der Waals surface area contributed by atoms with Gasteiger partial charge in [-0.1, -0.05) is 11.6 Å². The molecule has 76 valence electrons. The predicted octanol–water partition coefficient (Wildman–Crippen LogP) is 0.703. The molecule has 0 radical (unpaired) electrons. The third kappa shape index (κ3) is 1.25. The highest BCUT2D eigenvalue weighted by Gasteiger charge is 2.51. The van der Waals surface area contributed by atoms with Gasteiger partial charge < -0.3 is 5.32 Å². The van der Waals surface area contributed by atoms with Gasteiger partial charge in [-0.05, 0) is 24.7 Å². The topological polar surface area (TPSA) is 42.7 Å². The fourth-order valence-electron chi connectivity index (χ4n) is 2.82. The maximum Gasteiger partial charge on any atom is 0.0738 e. The summed E-state index contributed by atoms with van der Waals surface area (Å²) in [5.74, 6) is 1.97. The van der Waals surface area contributed by atoms with Crippen molar-refractivity contribution in [3.8, 4) is 0 Å². The second-order valence-corrected chi connectivity index (χ2v) is 4.51. The smallest absolute Gasteiger partial charge is 0.0738 e. The Morgan fingerprint density at radius 1 is 1.50 bits per heavy atom. The van der Waals surface area contributed by atoms with E-state index in [1.807, 2.05) is 17.9 Å². The van der Waals surface area contributed by atoms with E-state index in [1.54, 1.807) is 0 Å². The molecule has 2 saturated carbocycles. The van der Waals surface area contributed by atoms with E-state index in [4.69, 9.17) is 0 Å². The van der Waals surface area contributed by atoms with Gasteiger partial charge in [0.25, 0.3) is 0 Å². The summed E-state index contributed by atoms with van der Waals surface area (Å²) in [6, 6.07) is 0.790. The van der Waals surface area contributed by atoms with E-state index in [1.165, 1.54) is 25.0 Å². The molecule has 0 aliphatic heterocycles. The van der Waals surface area contributed by atoms with Gasteiger partial charge in [-0.2, -0.15) is 0 Å². The molecule has 2 unspecified atom stereocenters. The van der Waals surface area contributed by atoms with Crippen LogP contribution in [0.4, 0.5) is 0 Å². The minimum atomic E-state index is 0.790. The van der Waals surface area contributed by atoms with Crippen LogP contribution in [0.15, 0.2) is 6.20 Å². The first-order valence-corrected chi connectivity index (χ1v) is 5.43. The molecule has 0 aromatic carbocycles. The number of nitrogens with one attached hydrogen (secondary N) is 1. The SMILES string of the molecule is Cn1nncc1CNC1C2CCCC21. The highest BCUT2D eigenvalue weighted by Crippen LogP contribution is 2.51. The number of nitrogens with zero attached hydrogens (tertiary/aromatic N) is 3. The number of hydrogen-bond acceptors (Lipinski definition) is 3. The summed E-state index contributed by atoms with van der Waals surface area (Å²) in [6.45, 7) is 0.918. The highest BCUT2D eigenvalue weighted by molar-refractivity contribution is 5.07. The van der Waals surface area contributed by atoms with E-state index in [9.17, 15) is 0 Å². The van der Waals surface area contributed by atoms with Crippen LogP contribution < -0.4 is 5.32 Å². The maximum absolute atomic E-state index is 3.91. The van der Waals surface area contributed by atoms with Crippen molar-refractivity contribution in [3.05, 3.63) is 11.9 Å². The van der Waals surface area contributed by atoms with Crippen LogP contribution in [-0.4, -0.2) is 21.0 Å². The zero-order chi connectivity index (χ0) is 9.54. The lowest BCUT2D eigenvalue weighted by molar-refractivity contribution is 0.541. The van der Waals surface area contributed by atoms with Crippen molar-refractivity contribution in [2.75, 3.05) is 0 Å². The van der Waals surface area contributed by atoms with Crippen molar-refractivity contribution in [3.63, 3.8) is 0 Å². The quantitative estimate of drug-likeness (QED) is 0.766. The van der Waals surface area contributed by atoms with Crippen molar-refractivity contribution < 1.29 is 0 Å². The van der Waals surface area contributed by atoms with Crippen molar-refractivity contribution >= 4 is 0 Å². The first-order chi connectivity index (χ1) is 6.86. The van der Waals surface area contributed by atoms with Crippen molar-refractivity contribution in [1.82, 2.24) is 20.3 Å². The van der Waals surface area contributed by atoms with Crippen LogP contribution in [0, 0.1) is 11.8 Å². The Labute approximate surface area is 83.7 Å². The second-order valence-electron chi connectivity index (χ2n) is 4.51. The van der Waals surface area contributed by atoms with E-state index in [0.717, 1.165) is 24.4 Å². The van der Waals surface area contributed by atoms with E-state index in [-0.39, 0.29) is 0 Å². The van der Waals surface area contributed by atoms with Crippen LogP contribution in [-0.2, 0) is 13.6 Å². The largest absolute Gasteiger partial charge is 0.308 e. The molecular weight excluding hydrogens is 176 g/mol. The van der Waals surface area contributed by atoms with Gasteiger partial charge in [-0.3, -0.25) is 4.68 Å². The monoisotopic (exact) mass is 192 g/mol. The number of rotatable bonds is 3. The molecule has 1 heterocycles. The molecule has 4 nitrogen and oxygen atoms in total. The van der Waals surface area contributed by atoms with E-state index >= 15 is 0 Å². The molecule has 0 bridgehead atoms. The Morgan fingerprint density at radius 2 is 2.29 bits per heavy atom. The Hall–Kier alpha value is -0.900. The summed E-state index contributed by atoms with van der Waals surface area (Å²) >= 11 is 0. The minimum absolute atomic E-state index is 0.790. The van der Waals surface area contributed by atoms with Gasteiger partial charge >= 0.3 is 0 Å². The third-order valence-corrected chi connectivity index (χ3v) is 3.73. The molecule has 0 amide bonds. The Kier molecular flexibility index (Phi) is 1.83.